The largest absolute Gasteiger partial charge is 0.383 e. The van der Waals surface area contributed by atoms with E-state index in [2.05, 4.69) is 23.0 Å². The van der Waals surface area contributed by atoms with Gasteiger partial charge in [-0.3, -0.25) is 0 Å². The third-order valence-electron chi connectivity index (χ3n) is 2.74. The molecule has 0 saturated carbocycles. The molecule has 0 aliphatic rings. The first-order valence-corrected chi connectivity index (χ1v) is 7.01. The molecule has 2 aromatic heterocycles. The van der Waals surface area contributed by atoms with E-state index >= 15 is 0 Å². The Morgan fingerprint density at radius 1 is 1.44 bits per heavy atom. The quantitative estimate of drug-likeness (QED) is 0.792. The highest BCUT2D eigenvalue weighted by atomic mass is 35.5. The Hall–Kier alpha value is -0.910. The maximum absolute atomic E-state index is 5.98. The predicted octanol–water partition coefficient (Wildman–Crippen LogP) is 2.99. The molecule has 98 valence electrons. The molecule has 0 aliphatic carbocycles. The maximum atomic E-state index is 5.98. The molecule has 0 aliphatic heterocycles. The minimum absolute atomic E-state index is 0.297. The van der Waals surface area contributed by atoms with E-state index in [9.17, 15) is 0 Å². The number of ether oxygens (including phenoxy) is 1. The molecule has 18 heavy (non-hydrogen) atoms. The molecule has 0 spiro atoms. The topological polar surface area (TPSA) is 38.2 Å². The number of thiophene rings is 1. The maximum Gasteiger partial charge on any atom is 0.225 e. The van der Waals surface area contributed by atoms with Gasteiger partial charge in [-0.15, -0.1) is 11.3 Å². The lowest BCUT2D eigenvalue weighted by Crippen LogP contribution is -2.23. The van der Waals surface area contributed by atoms with Crippen LogP contribution in [-0.4, -0.2) is 37.3 Å². The zero-order valence-electron chi connectivity index (χ0n) is 10.7. The summed E-state index contributed by atoms with van der Waals surface area (Å²) in [5, 5.41) is 1.37. The van der Waals surface area contributed by atoms with Crippen LogP contribution in [0.4, 0.5) is 5.82 Å². The van der Waals surface area contributed by atoms with Crippen LogP contribution in [0, 0.1) is 0 Å². The van der Waals surface area contributed by atoms with E-state index < -0.39 is 0 Å². The van der Waals surface area contributed by atoms with Crippen LogP contribution in [0.3, 0.4) is 0 Å². The van der Waals surface area contributed by atoms with E-state index in [-0.39, 0.29) is 0 Å². The highest BCUT2D eigenvalue weighted by molar-refractivity contribution is 7.18. The van der Waals surface area contributed by atoms with Crippen LogP contribution in [0.2, 0.25) is 5.28 Å². The molecule has 2 heterocycles. The molecule has 0 unspecified atom stereocenters. The van der Waals surface area contributed by atoms with Gasteiger partial charge in [-0.05, 0) is 24.1 Å². The summed E-state index contributed by atoms with van der Waals surface area (Å²) in [4.78, 5) is 12.9. The SMILES string of the molecule is CCc1cc2c(N(C)CCOC)nc(Cl)nc2s1. The number of rotatable bonds is 5. The molecule has 2 aromatic rings. The lowest BCUT2D eigenvalue weighted by Gasteiger charge is -2.18. The van der Waals surface area contributed by atoms with Crippen molar-refractivity contribution in [2.24, 2.45) is 0 Å². The van der Waals surface area contributed by atoms with E-state index in [1.54, 1.807) is 18.4 Å². The average Bonchev–Trinajstić information content (AvgIpc) is 2.77. The summed E-state index contributed by atoms with van der Waals surface area (Å²) in [7, 11) is 3.68. The second-order valence-corrected chi connectivity index (χ2v) is 5.47. The number of nitrogens with zero attached hydrogens (tertiary/aromatic N) is 3. The van der Waals surface area contributed by atoms with Crippen LogP contribution < -0.4 is 4.90 Å². The number of methoxy groups -OCH3 is 1. The smallest absolute Gasteiger partial charge is 0.225 e. The van der Waals surface area contributed by atoms with Crippen molar-refractivity contribution in [1.82, 2.24) is 9.97 Å². The monoisotopic (exact) mass is 285 g/mol. The number of halogens is 1. The third kappa shape index (κ3) is 2.74. The number of likely N-dealkylation sites (N-methyl/N-ethyl adjacent to an activating group) is 1. The fourth-order valence-corrected chi connectivity index (χ4v) is 2.91. The second-order valence-electron chi connectivity index (χ2n) is 4.02. The summed E-state index contributed by atoms with van der Waals surface area (Å²) in [5.74, 6) is 0.873. The zero-order valence-corrected chi connectivity index (χ0v) is 12.3. The molecule has 0 atom stereocenters. The van der Waals surface area contributed by atoms with Crippen LogP contribution in [-0.2, 0) is 11.2 Å². The van der Waals surface area contributed by atoms with Gasteiger partial charge in [0, 0.05) is 25.6 Å². The van der Waals surface area contributed by atoms with Gasteiger partial charge in [0.15, 0.2) is 0 Å². The minimum Gasteiger partial charge on any atom is -0.383 e. The standard InChI is InChI=1S/C12H16ClN3OS/c1-4-8-7-9-10(16(2)5-6-17-3)14-12(13)15-11(9)18-8/h7H,4-6H2,1-3H3. The Labute approximate surface area is 116 Å². The summed E-state index contributed by atoms with van der Waals surface area (Å²) >= 11 is 7.65. The van der Waals surface area contributed by atoms with Crippen LogP contribution >= 0.6 is 22.9 Å². The van der Waals surface area contributed by atoms with Gasteiger partial charge in [0.2, 0.25) is 5.28 Å². The molecule has 0 radical (unpaired) electrons. The summed E-state index contributed by atoms with van der Waals surface area (Å²) in [5.41, 5.74) is 0. The highest BCUT2D eigenvalue weighted by Gasteiger charge is 2.13. The van der Waals surface area contributed by atoms with Gasteiger partial charge >= 0.3 is 0 Å². The highest BCUT2D eigenvalue weighted by Crippen LogP contribution is 2.31. The van der Waals surface area contributed by atoms with Crippen LogP contribution in [0.15, 0.2) is 6.07 Å². The third-order valence-corrected chi connectivity index (χ3v) is 4.08. The number of aromatic nitrogens is 2. The van der Waals surface area contributed by atoms with E-state index in [4.69, 9.17) is 16.3 Å². The molecule has 0 N–H and O–H groups in total. The number of anilines is 1. The Balaban J connectivity index is 2.44. The lowest BCUT2D eigenvalue weighted by atomic mass is 10.3. The average molecular weight is 286 g/mol. The number of hydrogen-bond donors (Lipinski definition) is 0. The summed E-state index contributed by atoms with van der Waals surface area (Å²) < 4.78 is 5.09. The molecule has 6 heteroatoms. The normalized spacial score (nSPS) is 11.1. The number of hydrogen-bond acceptors (Lipinski definition) is 5. The van der Waals surface area contributed by atoms with Crippen molar-refractivity contribution in [1.29, 1.82) is 0 Å². The molecule has 0 fully saturated rings. The van der Waals surface area contributed by atoms with Crippen molar-refractivity contribution in [3.8, 4) is 0 Å². The van der Waals surface area contributed by atoms with Crippen molar-refractivity contribution in [3.05, 3.63) is 16.2 Å². The molecule has 0 saturated heterocycles. The fraction of sp³-hybridized carbons (Fsp3) is 0.500. The van der Waals surface area contributed by atoms with Crippen molar-refractivity contribution in [3.63, 3.8) is 0 Å². The van der Waals surface area contributed by atoms with Crippen molar-refractivity contribution < 1.29 is 4.74 Å². The first kappa shape index (κ1) is 13.5. The van der Waals surface area contributed by atoms with E-state index in [1.165, 1.54) is 4.88 Å². The van der Waals surface area contributed by atoms with Gasteiger partial charge < -0.3 is 9.64 Å². The molecule has 0 aromatic carbocycles. The Bertz CT molecular complexity index is 543. The number of fused-ring (bicyclic) bond motifs is 1. The van der Waals surface area contributed by atoms with Crippen LogP contribution in [0.5, 0.6) is 0 Å². The van der Waals surface area contributed by atoms with Crippen molar-refractivity contribution in [2.75, 3.05) is 32.2 Å². The summed E-state index contributed by atoms with van der Waals surface area (Å²) in [6.45, 7) is 3.56. The lowest BCUT2D eigenvalue weighted by molar-refractivity contribution is 0.206. The fourth-order valence-electron chi connectivity index (χ4n) is 1.73. The van der Waals surface area contributed by atoms with Crippen molar-refractivity contribution >= 4 is 39.0 Å². The van der Waals surface area contributed by atoms with Gasteiger partial charge in [0.25, 0.3) is 0 Å². The van der Waals surface area contributed by atoms with E-state index in [0.717, 1.165) is 29.0 Å². The van der Waals surface area contributed by atoms with Gasteiger partial charge in [0.1, 0.15) is 10.6 Å². The zero-order chi connectivity index (χ0) is 13.1. The predicted molar refractivity (Wildman–Crippen MR) is 76.9 cm³/mol. The van der Waals surface area contributed by atoms with Gasteiger partial charge in [-0.2, -0.15) is 4.98 Å². The molecule has 4 nitrogen and oxygen atoms in total. The summed E-state index contributed by atoms with van der Waals surface area (Å²) in [6.07, 6.45) is 1.000. The first-order chi connectivity index (χ1) is 8.65. The Kier molecular flexibility index (Phi) is 4.37. The van der Waals surface area contributed by atoms with Crippen LogP contribution in [0.1, 0.15) is 11.8 Å². The molecular weight excluding hydrogens is 270 g/mol. The first-order valence-electron chi connectivity index (χ1n) is 5.81. The number of aryl methyl sites for hydroxylation is 1. The molecule has 0 amide bonds. The second kappa shape index (κ2) is 5.82. The molecule has 0 bridgehead atoms. The van der Waals surface area contributed by atoms with Gasteiger partial charge in [0.05, 0.1) is 12.0 Å². The summed E-state index contributed by atoms with van der Waals surface area (Å²) in [6, 6.07) is 2.15. The Morgan fingerprint density at radius 3 is 2.89 bits per heavy atom. The van der Waals surface area contributed by atoms with Crippen molar-refractivity contribution in [2.45, 2.75) is 13.3 Å². The van der Waals surface area contributed by atoms with Gasteiger partial charge in [-0.25, -0.2) is 4.98 Å². The van der Waals surface area contributed by atoms with E-state index in [0.29, 0.717) is 11.9 Å². The van der Waals surface area contributed by atoms with Crippen LogP contribution in [0.25, 0.3) is 10.2 Å². The Morgan fingerprint density at radius 2 is 2.22 bits per heavy atom. The minimum atomic E-state index is 0.297. The van der Waals surface area contributed by atoms with E-state index in [1.807, 2.05) is 11.9 Å². The van der Waals surface area contributed by atoms with Gasteiger partial charge in [-0.1, -0.05) is 6.92 Å². The molecule has 2 rings (SSSR count). The molecular formula is C12H16ClN3OS.